The predicted octanol–water partition coefficient (Wildman–Crippen LogP) is 3.65. The van der Waals surface area contributed by atoms with Crippen molar-refractivity contribution in [1.29, 1.82) is 0 Å². The quantitative estimate of drug-likeness (QED) is 0.919. The van der Waals surface area contributed by atoms with Crippen LogP contribution in [-0.4, -0.2) is 10.5 Å². The molecule has 1 N–H and O–H groups in total. The number of aromatic nitrogens is 1. The van der Waals surface area contributed by atoms with Crippen LogP contribution >= 0.6 is 0 Å². The molecule has 0 bridgehead atoms. The zero-order valence-electron chi connectivity index (χ0n) is 12.6. The van der Waals surface area contributed by atoms with E-state index < -0.39 is 17.5 Å². The lowest BCUT2D eigenvalue weighted by Crippen LogP contribution is -2.23. The molecule has 0 saturated heterocycles. The van der Waals surface area contributed by atoms with Gasteiger partial charge in [0.15, 0.2) is 11.6 Å². The summed E-state index contributed by atoms with van der Waals surface area (Å²) in [5, 5.41) is 2.76. The molecule has 1 amide bonds. The van der Waals surface area contributed by atoms with Crippen LogP contribution in [0.25, 0.3) is 0 Å². The number of nitrogens with one attached hydrogen (secondary N) is 1. The van der Waals surface area contributed by atoms with Gasteiger partial charge in [-0.15, -0.1) is 0 Å². The molecule has 1 fully saturated rings. The smallest absolute Gasteiger partial charge is 0.251 e. The Bertz CT molecular complexity index is 733. The Morgan fingerprint density at radius 1 is 1.23 bits per heavy atom. The molecule has 0 atom stereocenters. The number of carbonyl (C=O) groups is 1. The van der Waals surface area contributed by atoms with Gasteiger partial charge in [-0.3, -0.25) is 4.79 Å². The first kappa shape index (κ1) is 14.8. The second kappa shape index (κ2) is 5.55. The normalized spacial score (nSPS) is 14.2. The van der Waals surface area contributed by atoms with E-state index in [1.54, 1.807) is 0 Å². The summed E-state index contributed by atoms with van der Waals surface area (Å²) in [6, 6.07) is 5.82. The summed E-state index contributed by atoms with van der Waals surface area (Å²) in [5.41, 5.74) is 3.53. The maximum Gasteiger partial charge on any atom is 0.251 e. The van der Waals surface area contributed by atoms with Gasteiger partial charge in [0.2, 0.25) is 0 Å². The molecule has 1 aliphatic rings. The van der Waals surface area contributed by atoms with Gasteiger partial charge in [0.25, 0.3) is 5.91 Å². The summed E-state index contributed by atoms with van der Waals surface area (Å²) in [7, 11) is 0. The maximum atomic E-state index is 13.2. The molecule has 1 heterocycles. The fraction of sp³-hybridized carbons (Fsp3) is 0.353. The summed E-state index contributed by atoms with van der Waals surface area (Å²) in [5.74, 6) is -2.38. The molecule has 3 rings (SSSR count). The highest BCUT2D eigenvalue weighted by Crippen LogP contribution is 2.38. The number of amides is 1. The van der Waals surface area contributed by atoms with Gasteiger partial charge >= 0.3 is 0 Å². The molecule has 22 heavy (non-hydrogen) atoms. The summed E-state index contributed by atoms with van der Waals surface area (Å²) in [6.45, 7) is 4.49. The molecule has 0 radical (unpaired) electrons. The van der Waals surface area contributed by atoms with E-state index in [0.29, 0.717) is 12.6 Å². The zero-order valence-corrected chi connectivity index (χ0v) is 12.6. The van der Waals surface area contributed by atoms with Gasteiger partial charge in [-0.05, 0) is 56.5 Å². The Balaban J connectivity index is 1.71. The number of aryl methyl sites for hydroxylation is 1. The van der Waals surface area contributed by atoms with Crippen LogP contribution in [0.3, 0.4) is 0 Å². The van der Waals surface area contributed by atoms with Crippen LogP contribution in [0.1, 0.15) is 46.2 Å². The number of rotatable bonds is 4. The summed E-state index contributed by atoms with van der Waals surface area (Å²) in [4.78, 5) is 12.0. The highest BCUT2D eigenvalue weighted by molar-refractivity contribution is 5.94. The summed E-state index contributed by atoms with van der Waals surface area (Å²) in [6.07, 6.45) is 2.41. The molecule has 1 aromatic carbocycles. The number of benzene rings is 1. The molecule has 0 aliphatic heterocycles. The van der Waals surface area contributed by atoms with Crippen molar-refractivity contribution in [3.8, 4) is 0 Å². The Morgan fingerprint density at radius 3 is 2.59 bits per heavy atom. The van der Waals surface area contributed by atoms with E-state index in [1.807, 2.05) is 6.92 Å². The number of nitrogens with zero attached hydrogens (tertiary/aromatic N) is 1. The van der Waals surface area contributed by atoms with Crippen molar-refractivity contribution in [2.75, 3.05) is 0 Å². The van der Waals surface area contributed by atoms with Gasteiger partial charge in [0.05, 0.1) is 0 Å². The largest absolute Gasteiger partial charge is 0.348 e. The fourth-order valence-corrected chi connectivity index (χ4v) is 2.83. The lowest BCUT2D eigenvalue weighted by molar-refractivity contribution is 0.0950. The van der Waals surface area contributed by atoms with E-state index in [4.69, 9.17) is 0 Å². The lowest BCUT2D eigenvalue weighted by Gasteiger charge is -2.09. The number of halogens is 2. The van der Waals surface area contributed by atoms with Crippen LogP contribution in [-0.2, 0) is 6.54 Å². The van der Waals surface area contributed by atoms with E-state index in [2.05, 4.69) is 22.9 Å². The van der Waals surface area contributed by atoms with E-state index >= 15 is 0 Å². The average molecular weight is 304 g/mol. The second-order valence-corrected chi connectivity index (χ2v) is 5.81. The highest BCUT2D eigenvalue weighted by atomic mass is 19.2. The van der Waals surface area contributed by atoms with Crippen molar-refractivity contribution >= 4 is 5.91 Å². The topological polar surface area (TPSA) is 34.0 Å². The van der Waals surface area contributed by atoms with Crippen molar-refractivity contribution in [2.24, 2.45) is 0 Å². The third kappa shape index (κ3) is 2.75. The molecule has 116 valence electrons. The minimum atomic E-state index is -1.01. The van der Waals surface area contributed by atoms with Gasteiger partial charge in [0.1, 0.15) is 0 Å². The van der Waals surface area contributed by atoms with Crippen LogP contribution < -0.4 is 5.32 Å². The van der Waals surface area contributed by atoms with Crippen molar-refractivity contribution in [2.45, 2.75) is 39.3 Å². The van der Waals surface area contributed by atoms with Crippen molar-refractivity contribution in [1.82, 2.24) is 9.88 Å². The first-order valence-corrected chi connectivity index (χ1v) is 7.38. The Kier molecular flexibility index (Phi) is 3.72. The standard InChI is InChI=1S/C17H18F2N2O/c1-10-7-13(11(2)21(10)14-4-5-14)9-20-17(22)12-3-6-15(18)16(19)8-12/h3,6-8,14H,4-5,9H2,1-2H3,(H,20,22). The van der Waals surface area contributed by atoms with Gasteiger partial charge < -0.3 is 9.88 Å². The first-order chi connectivity index (χ1) is 10.5. The van der Waals surface area contributed by atoms with Crippen LogP contribution in [0.15, 0.2) is 24.3 Å². The van der Waals surface area contributed by atoms with Gasteiger partial charge in [-0.1, -0.05) is 0 Å². The Labute approximate surface area is 127 Å². The lowest BCUT2D eigenvalue weighted by atomic mass is 10.2. The number of hydrogen-bond donors (Lipinski definition) is 1. The number of hydrogen-bond acceptors (Lipinski definition) is 1. The first-order valence-electron chi connectivity index (χ1n) is 7.38. The molecule has 2 aromatic rings. The van der Waals surface area contributed by atoms with Crippen molar-refractivity contribution in [3.63, 3.8) is 0 Å². The van der Waals surface area contributed by atoms with Crippen LogP contribution in [0, 0.1) is 25.5 Å². The third-order valence-corrected chi connectivity index (χ3v) is 4.12. The SMILES string of the molecule is Cc1cc(CNC(=O)c2ccc(F)c(F)c2)c(C)n1C1CC1. The zero-order chi connectivity index (χ0) is 15.9. The fourth-order valence-electron chi connectivity index (χ4n) is 2.83. The van der Waals surface area contributed by atoms with Crippen LogP contribution in [0.4, 0.5) is 8.78 Å². The summed E-state index contributed by atoms with van der Waals surface area (Å²) >= 11 is 0. The second-order valence-electron chi connectivity index (χ2n) is 5.81. The van der Waals surface area contributed by atoms with E-state index in [0.717, 1.165) is 23.4 Å². The molecule has 5 heteroatoms. The predicted molar refractivity (Wildman–Crippen MR) is 79.7 cm³/mol. The van der Waals surface area contributed by atoms with E-state index in [1.165, 1.54) is 24.6 Å². The van der Waals surface area contributed by atoms with Crippen molar-refractivity contribution < 1.29 is 13.6 Å². The molecule has 3 nitrogen and oxygen atoms in total. The minimum absolute atomic E-state index is 0.120. The van der Waals surface area contributed by atoms with Gasteiger partial charge in [-0.25, -0.2) is 8.78 Å². The van der Waals surface area contributed by atoms with Gasteiger partial charge in [-0.2, -0.15) is 0 Å². The molecule has 1 aliphatic carbocycles. The summed E-state index contributed by atoms with van der Waals surface area (Å²) < 4.78 is 28.4. The maximum absolute atomic E-state index is 13.2. The van der Waals surface area contributed by atoms with E-state index in [-0.39, 0.29) is 5.56 Å². The van der Waals surface area contributed by atoms with Crippen molar-refractivity contribution in [3.05, 3.63) is 58.4 Å². The number of carbonyl (C=O) groups excluding carboxylic acids is 1. The molecule has 1 aromatic heterocycles. The van der Waals surface area contributed by atoms with Gasteiger partial charge in [0, 0.05) is 29.5 Å². The molecule has 0 spiro atoms. The highest BCUT2D eigenvalue weighted by Gasteiger charge is 2.26. The minimum Gasteiger partial charge on any atom is -0.348 e. The third-order valence-electron chi connectivity index (χ3n) is 4.12. The molecular weight excluding hydrogens is 286 g/mol. The molecular formula is C17H18F2N2O. The Morgan fingerprint density at radius 2 is 1.95 bits per heavy atom. The molecule has 1 saturated carbocycles. The average Bonchev–Trinajstić information content (AvgIpc) is 3.26. The van der Waals surface area contributed by atoms with Crippen LogP contribution in [0.2, 0.25) is 0 Å². The molecule has 0 unspecified atom stereocenters. The van der Waals surface area contributed by atoms with Crippen LogP contribution in [0.5, 0.6) is 0 Å². The monoisotopic (exact) mass is 304 g/mol. The Hall–Kier alpha value is -2.17. The van der Waals surface area contributed by atoms with E-state index in [9.17, 15) is 13.6 Å².